The predicted octanol–water partition coefficient (Wildman–Crippen LogP) is 7.44. The van der Waals surface area contributed by atoms with Crippen LogP contribution in [0.5, 0.6) is 17.2 Å². The Kier molecular flexibility index (Phi) is 12.4. The number of para-hydroxylation sites is 2. The van der Waals surface area contributed by atoms with Gasteiger partial charge in [-0.2, -0.15) is 0 Å². The smallest absolute Gasteiger partial charge is 0.261 e. The first-order chi connectivity index (χ1) is 29.7. The summed E-state index contributed by atoms with van der Waals surface area (Å²) in [6.07, 6.45) is 6.85. The molecule has 3 amide bonds. The fourth-order valence-electron chi connectivity index (χ4n) is 9.00. The number of hydrogen-bond acceptors (Lipinski definition) is 9. The van der Waals surface area contributed by atoms with Crippen LogP contribution in [-0.2, 0) is 67.9 Å². The molecule has 4 heterocycles. The number of anilines is 3. The number of aliphatic imine (C=N–C) groups is 1. The van der Waals surface area contributed by atoms with Gasteiger partial charge in [0.1, 0.15) is 19.0 Å². The molecule has 0 radical (unpaired) electrons. The molecule has 0 spiro atoms. The van der Waals surface area contributed by atoms with Crippen molar-refractivity contribution in [1.29, 1.82) is 0 Å². The van der Waals surface area contributed by atoms with Crippen LogP contribution >= 0.6 is 0 Å². The number of amides is 3. The van der Waals surface area contributed by atoms with Crippen LogP contribution in [0.25, 0.3) is 0 Å². The Morgan fingerprint density at radius 3 is 2.18 bits per heavy atom. The van der Waals surface area contributed by atoms with Gasteiger partial charge in [-0.05, 0) is 108 Å². The molecule has 4 aliphatic rings. The summed E-state index contributed by atoms with van der Waals surface area (Å²) in [7, 11) is 3.03. The summed E-state index contributed by atoms with van der Waals surface area (Å²) in [4.78, 5) is 63.0. The molecular weight excluding hydrogens is 956 g/mol. The van der Waals surface area contributed by atoms with Crippen LogP contribution < -0.4 is 28.9 Å². The van der Waals surface area contributed by atoms with Crippen molar-refractivity contribution in [1.82, 2.24) is 0 Å². The summed E-state index contributed by atoms with van der Waals surface area (Å²) in [5.74, 6) is 0.933. The Bertz CT molecular complexity index is 2610. The van der Waals surface area contributed by atoms with Crippen molar-refractivity contribution in [3.8, 4) is 17.2 Å². The molecule has 0 saturated carbocycles. The molecular formula is C49H45N4O8W-. The van der Waals surface area contributed by atoms with Crippen molar-refractivity contribution < 1.29 is 59.2 Å². The van der Waals surface area contributed by atoms with E-state index >= 15 is 0 Å². The van der Waals surface area contributed by atoms with E-state index < -0.39 is 0 Å². The van der Waals surface area contributed by atoms with Crippen LogP contribution in [0.2, 0.25) is 0 Å². The molecule has 9 rings (SSSR count). The van der Waals surface area contributed by atoms with Crippen LogP contribution in [-0.4, -0.2) is 69.7 Å². The maximum absolute atomic E-state index is 14.0. The minimum absolute atomic E-state index is 0. The van der Waals surface area contributed by atoms with Crippen LogP contribution in [0.15, 0.2) is 96.0 Å². The van der Waals surface area contributed by atoms with Gasteiger partial charge in [0.25, 0.3) is 11.8 Å². The molecule has 0 unspecified atom stereocenters. The quantitative estimate of drug-likeness (QED) is 0.112. The molecule has 0 bridgehead atoms. The van der Waals surface area contributed by atoms with E-state index in [1.54, 1.807) is 29.3 Å². The minimum atomic E-state index is -0.303. The largest absolute Gasteiger partial charge is 0.540 e. The average molecular weight is 1000 g/mol. The van der Waals surface area contributed by atoms with Crippen molar-refractivity contribution in [2.75, 3.05) is 42.1 Å². The molecule has 316 valence electrons. The molecule has 4 aliphatic heterocycles. The van der Waals surface area contributed by atoms with Crippen LogP contribution in [0.1, 0.15) is 66.9 Å². The third-order valence-electron chi connectivity index (χ3n) is 12.0. The van der Waals surface area contributed by atoms with E-state index in [2.05, 4.69) is 6.07 Å². The number of nitrogens with zero attached hydrogens (tertiary/aromatic N) is 4. The maximum atomic E-state index is 14.0. The van der Waals surface area contributed by atoms with Crippen molar-refractivity contribution in [3.05, 3.63) is 136 Å². The second-order valence-electron chi connectivity index (χ2n) is 15.8. The predicted molar refractivity (Wildman–Crippen MR) is 232 cm³/mol. The van der Waals surface area contributed by atoms with Gasteiger partial charge in [-0.25, -0.2) is 6.29 Å². The molecule has 5 aromatic rings. The Labute approximate surface area is 374 Å². The zero-order valence-electron chi connectivity index (χ0n) is 34.7. The van der Waals surface area contributed by atoms with Crippen molar-refractivity contribution in [2.45, 2.75) is 64.3 Å². The van der Waals surface area contributed by atoms with Gasteiger partial charge in [-0.3, -0.25) is 24.3 Å². The minimum Gasteiger partial charge on any atom is -0.540 e. The average Bonchev–Trinajstić information content (AvgIpc) is 3.77. The van der Waals surface area contributed by atoms with E-state index in [9.17, 15) is 19.2 Å². The number of hydrogen-bond donors (Lipinski definition) is 0. The maximum Gasteiger partial charge on any atom is 0.261 e. The normalized spacial score (nSPS) is 16.7. The first kappa shape index (κ1) is 42.6. The third kappa shape index (κ3) is 8.05. The fraction of sp³-hybridized carbons (Fsp3) is 0.286. The summed E-state index contributed by atoms with van der Waals surface area (Å²) in [6.45, 7) is 2.01. The van der Waals surface area contributed by atoms with Gasteiger partial charge in [0.2, 0.25) is 5.91 Å². The summed E-state index contributed by atoms with van der Waals surface area (Å²) >= 11 is 0. The summed E-state index contributed by atoms with van der Waals surface area (Å²) in [5, 5.41) is 0. The van der Waals surface area contributed by atoms with E-state index in [1.807, 2.05) is 84.8 Å². The molecule has 2 atom stereocenters. The number of carbonyl (C=O) groups is 3. The standard InChI is InChI=1S/C49H45N4O8.W/c1-30-18-39-33(12-13-36-22-34-8-4-6-10-42(34)52(36)48(39)56)24-44(30)60-28-31-19-32(21-37(20-31)51(15-16-54)47(55)14-17-58-2)29-61-46-26-41-40(25-45(46)59-3)49(57)53-38(27-50-41)23-35-9-5-7-11-43(35)53;/h4-11,18-21,24-27,36,38H,12-15,17,22-23,28-29H2,1-3H3;/q-1;/t36-,38+;/m1./s1. The molecule has 0 N–H and O–H groups in total. The Morgan fingerprint density at radius 1 is 0.790 bits per heavy atom. The monoisotopic (exact) mass is 1000 g/mol. The first-order valence-corrected chi connectivity index (χ1v) is 20.5. The number of fused-ring (bicyclic) bond motifs is 8. The number of ether oxygens (including phenoxy) is 4. The molecule has 13 heteroatoms. The molecule has 0 aliphatic carbocycles. The Morgan fingerprint density at radius 2 is 1.47 bits per heavy atom. The van der Waals surface area contributed by atoms with Crippen molar-refractivity contribution in [3.63, 3.8) is 0 Å². The van der Waals surface area contributed by atoms with Gasteiger partial charge in [-0.15, -0.1) is 0 Å². The van der Waals surface area contributed by atoms with Gasteiger partial charge in [0.15, 0.2) is 11.5 Å². The summed E-state index contributed by atoms with van der Waals surface area (Å²) in [5.41, 5.74) is 9.36. The van der Waals surface area contributed by atoms with E-state index in [4.69, 9.17) is 23.9 Å². The first-order valence-electron chi connectivity index (χ1n) is 20.5. The van der Waals surface area contributed by atoms with Crippen LogP contribution in [0.4, 0.5) is 22.7 Å². The molecule has 62 heavy (non-hydrogen) atoms. The third-order valence-corrected chi connectivity index (χ3v) is 12.0. The molecule has 12 nitrogen and oxygen atoms in total. The molecule has 0 fully saturated rings. The van der Waals surface area contributed by atoms with Crippen LogP contribution in [0, 0.1) is 6.92 Å². The Balaban J connectivity index is 0.00000529. The van der Waals surface area contributed by atoms with Gasteiger partial charge >= 0.3 is 0 Å². The van der Waals surface area contributed by atoms with Crippen molar-refractivity contribution in [2.24, 2.45) is 4.99 Å². The van der Waals surface area contributed by atoms with Gasteiger partial charge in [0.05, 0.1) is 37.4 Å². The van der Waals surface area contributed by atoms with Gasteiger partial charge in [-0.1, -0.05) is 42.9 Å². The van der Waals surface area contributed by atoms with E-state index in [0.717, 1.165) is 52.9 Å². The summed E-state index contributed by atoms with van der Waals surface area (Å²) < 4.78 is 23.8. The SMILES string of the molecule is COCCC(=O)N(C[C-]=O)c1cc(COc2cc3c(cc2C)C(=O)N2c4ccccc4C[C@H]2CC3)cc(COc2cc3c(cc2OC)C(=O)N2c4ccccc4C[C@H]2C=N3)c1.[W]. The fourth-order valence-corrected chi connectivity index (χ4v) is 9.00. The van der Waals surface area contributed by atoms with Gasteiger partial charge < -0.3 is 33.5 Å². The number of benzene rings is 5. The van der Waals surface area contributed by atoms with Crippen molar-refractivity contribution >= 4 is 53.0 Å². The number of rotatable bonds is 13. The molecule has 5 aromatic carbocycles. The molecule has 0 aromatic heterocycles. The number of aryl methyl sites for hydroxylation is 2. The van der Waals surface area contributed by atoms with E-state index in [1.165, 1.54) is 24.7 Å². The Hall–Kier alpha value is -6.10. The van der Waals surface area contributed by atoms with E-state index in [-0.39, 0.29) is 83.7 Å². The van der Waals surface area contributed by atoms with Gasteiger partial charge in [0, 0.05) is 75.5 Å². The number of methoxy groups -OCH3 is 2. The zero-order valence-corrected chi connectivity index (χ0v) is 37.7. The number of carbonyl (C=O) groups excluding carboxylic acids is 4. The zero-order chi connectivity index (χ0) is 42.2. The second kappa shape index (κ2) is 18.1. The topological polar surface area (TPSA) is 127 Å². The molecule has 0 saturated heterocycles. The second-order valence-corrected chi connectivity index (χ2v) is 15.8. The van der Waals surface area contributed by atoms with Crippen LogP contribution in [0.3, 0.4) is 0 Å². The summed E-state index contributed by atoms with van der Waals surface area (Å²) in [6, 6.07) is 28.7. The van der Waals surface area contributed by atoms with E-state index in [0.29, 0.717) is 51.7 Å².